The van der Waals surface area contributed by atoms with Crippen molar-refractivity contribution < 1.29 is 19.1 Å². The minimum atomic E-state index is -0.902. The van der Waals surface area contributed by atoms with Crippen LogP contribution in [0.15, 0.2) is 72.8 Å². The van der Waals surface area contributed by atoms with Gasteiger partial charge in [0.1, 0.15) is 24.1 Å². The van der Waals surface area contributed by atoms with Gasteiger partial charge in [-0.1, -0.05) is 48.5 Å². The third-order valence-electron chi connectivity index (χ3n) is 6.21. The van der Waals surface area contributed by atoms with Crippen molar-refractivity contribution in [3.05, 3.63) is 95.3 Å². The lowest BCUT2D eigenvalue weighted by Crippen LogP contribution is -2.44. The molecule has 0 fully saturated rings. The van der Waals surface area contributed by atoms with Gasteiger partial charge in [-0.25, -0.2) is 14.6 Å². The maximum absolute atomic E-state index is 13.1. The van der Waals surface area contributed by atoms with E-state index in [4.69, 9.17) is 14.5 Å². The van der Waals surface area contributed by atoms with E-state index in [1.807, 2.05) is 60.7 Å². The van der Waals surface area contributed by atoms with E-state index in [2.05, 4.69) is 35.9 Å². The number of amides is 1. The number of imidazole rings is 1. The van der Waals surface area contributed by atoms with Gasteiger partial charge in [0.15, 0.2) is 0 Å². The summed E-state index contributed by atoms with van der Waals surface area (Å²) in [4.78, 5) is 30.7. The van der Waals surface area contributed by atoms with Crippen molar-refractivity contribution in [2.24, 2.45) is 0 Å². The Kier molecular flexibility index (Phi) is 8.15. The number of rotatable bonds is 8. The number of para-hydroxylation sites is 1. The van der Waals surface area contributed by atoms with Crippen LogP contribution in [0, 0.1) is 13.8 Å². The van der Waals surface area contributed by atoms with Crippen LogP contribution in [0.25, 0.3) is 16.7 Å². The number of nitrogens with zero attached hydrogens (tertiary/aromatic N) is 2. The highest BCUT2D eigenvalue weighted by Gasteiger charge is 2.27. The first-order valence-electron chi connectivity index (χ1n) is 12.8. The minimum absolute atomic E-state index is 0.118. The number of aryl methyl sites for hydroxylation is 3. The molecule has 7 heteroatoms. The molecule has 3 aromatic carbocycles. The largest absolute Gasteiger partial charge is 0.459 e. The second-order valence-electron chi connectivity index (χ2n) is 10.5. The zero-order valence-electron chi connectivity index (χ0n) is 22.7. The fraction of sp³-hybridized carbons (Fsp3) is 0.323. The zero-order valence-corrected chi connectivity index (χ0v) is 22.7. The highest BCUT2D eigenvalue weighted by molar-refractivity contribution is 5.82. The fourth-order valence-corrected chi connectivity index (χ4v) is 4.22. The molecule has 0 aliphatic heterocycles. The van der Waals surface area contributed by atoms with Gasteiger partial charge in [-0.15, -0.1) is 0 Å². The van der Waals surface area contributed by atoms with Crippen molar-refractivity contribution in [3.63, 3.8) is 0 Å². The Morgan fingerprint density at radius 1 is 0.947 bits per heavy atom. The number of hydrogen-bond acceptors (Lipinski definition) is 5. The molecule has 0 saturated heterocycles. The van der Waals surface area contributed by atoms with Crippen molar-refractivity contribution >= 4 is 23.1 Å². The zero-order chi connectivity index (χ0) is 27.3. The molecule has 0 saturated carbocycles. The lowest BCUT2D eigenvalue weighted by Gasteiger charge is -2.23. The Morgan fingerprint density at radius 2 is 1.58 bits per heavy atom. The first-order valence-corrected chi connectivity index (χ1v) is 12.8. The molecular weight excluding hydrogens is 478 g/mol. The molecule has 0 aliphatic rings. The van der Waals surface area contributed by atoms with Crippen LogP contribution in [0.5, 0.6) is 0 Å². The maximum atomic E-state index is 13.1. The van der Waals surface area contributed by atoms with Gasteiger partial charge in [0.05, 0.1) is 11.0 Å². The molecule has 4 aromatic rings. The van der Waals surface area contributed by atoms with Crippen molar-refractivity contribution in [1.82, 2.24) is 14.9 Å². The first kappa shape index (κ1) is 26.9. The number of nitrogens with one attached hydrogen (secondary N) is 1. The Hall–Kier alpha value is -4.13. The first-order chi connectivity index (χ1) is 18.1. The van der Waals surface area contributed by atoms with E-state index in [0.29, 0.717) is 12.8 Å². The Balaban J connectivity index is 1.60. The molecule has 1 amide bonds. The van der Waals surface area contributed by atoms with E-state index in [1.165, 1.54) is 5.56 Å². The molecule has 1 aromatic heterocycles. The second kappa shape index (κ2) is 11.5. The number of aromatic nitrogens is 2. The Morgan fingerprint density at radius 3 is 2.24 bits per heavy atom. The lowest BCUT2D eigenvalue weighted by atomic mass is 10.1. The van der Waals surface area contributed by atoms with Crippen molar-refractivity contribution in [2.75, 3.05) is 0 Å². The summed E-state index contributed by atoms with van der Waals surface area (Å²) in [5.41, 5.74) is 5.38. The predicted octanol–water partition coefficient (Wildman–Crippen LogP) is 6.21. The molecule has 1 N–H and O–H groups in total. The SMILES string of the molecule is Cc1cc2nc(CC[C@@H](NC(=O)OC(C)(C)C)C(=O)OCc3ccccc3)n(-c3ccccc3)c2cc1C. The summed E-state index contributed by atoms with van der Waals surface area (Å²) in [6.07, 6.45) is 0.0609. The summed E-state index contributed by atoms with van der Waals surface area (Å²) in [7, 11) is 0. The molecule has 198 valence electrons. The molecule has 0 radical (unpaired) electrons. The number of fused-ring (bicyclic) bond motifs is 1. The van der Waals surface area contributed by atoms with Gasteiger partial charge in [0, 0.05) is 12.1 Å². The van der Waals surface area contributed by atoms with Crippen LogP contribution < -0.4 is 5.32 Å². The van der Waals surface area contributed by atoms with Crippen molar-refractivity contribution in [1.29, 1.82) is 0 Å². The molecule has 7 nitrogen and oxygen atoms in total. The lowest BCUT2D eigenvalue weighted by molar-refractivity contribution is -0.147. The second-order valence-corrected chi connectivity index (χ2v) is 10.5. The molecule has 38 heavy (non-hydrogen) atoms. The van der Waals surface area contributed by atoms with E-state index in [-0.39, 0.29) is 6.61 Å². The molecule has 1 atom stereocenters. The average molecular weight is 514 g/mol. The van der Waals surface area contributed by atoms with Gasteiger partial charge in [0.25, 0.3) is 0 Å². The highest BCUT2D eigenvalue weighted by Crippen LogP contribution is 2.26. The summed E-state index contributed by atoms with van der Waals surface area (Å²) in [5.74, 6) is 0.275. The van der Waals surface area contributed by atoms with Crippen molar-refractivity contribution in [2.45, 2.75) is 65.7 Å². The fourth-order valence-electron chi connectivity index (χ4n) is 4.22. The predicted molar refractivity (Wildman–Crippen MR) is 148 cm³/mol. The van der Waals surface area contributed by atoms with Gasteiger partial charge in [-0.2, -0.15) is 0 Å². The van der Waals surface area contributed by atoms with Crippen LogP contribution in [0.3, 0.4) is 0 Å². The Bertz CT molecular complexity index is 1410. The molecule has 0 bridgehead atoms. The number of esters is 1. The van der Waals surface area contributed by atoms with E-state index in [0.717, 1.165) is 33.7 Å². The van der Waals surface area contributed by atoms with Crippen LogP contribution in [-0.4, -0.2) is 33.3 Å². The van der Waals surface area contributed by atoms with Gasteiger partial charge in [0.2, 0.25) is 0 Å². The van der Waals surface area contributed by atoms with Gasteiger partial charge in [-0.05, 0) is 82.0 Å². The van der Waals surface area contributed by atoms with E-state index in [1.54, 1.807) is 20.8 Å². The number of carbonyl (C=O) groups excluding carboxylic acids is 2. The number of carbonyl (C=O) groups is 2. The monoisotopic (exact) mass is 513 g/mol. The number of benzene rings is 3. The highest BCUT2D eigenvalue weighted by atomic mass is 16.6. The molecule has 4 rings (SSSR count). The van der Waals surface area contributed by atoms with E-state index in [9.17, 15) is 9.59 Å². The minimum Gasteiger partial charge on any atom is -0.459 e. The number of hydrogen-bond donors (Lipinski definition) is 1. The molecule has 0 unspecified atom stereocenters. The van der Waals surface area contributed by atoms with Crippen LogP contribution in [0.2, 0.25) is 0 Å². The van der Waals surface area contributed by atoms with Crippen LogP contribution in [0.1, 0.15) is 49.7 Å². The summed E-state index contributed by atoms with van der Waals surface area (Å²) >= 11 is 0. The van der Waals surface area contributed by atoms with Crippen LogP contribution in [-0.2, 0) is 27.3 Å². The molecule has 0 spiro atoms. The standard InChI is InChI=1S/C31H35N3O4/c1-21-18-26-27(19-22(21)2)34(24-14-10-7-11-15-24)28(32-26)17-16-25(33-30(36)38-31(3,4)5)29(35)37-20-23-12-8-6-9-13-23/h6-15,18-19,25H,16-17,20H2,1-5H3,(H,33,36)/t25-/m1/s1. The summed E-state index contributed by atoms with van der Waals surface area (Å²) < 4.78 is 13.1. The van der Waals surface area contributed by atoms with E-state index < -0.39 is 23.7 Å². The summed E-state index contributed by atoms with van der Waals surface area (Å²) in [6, 6.07) is 22.8. The van der Waals surface area contributed by atoms with Gasteiger partial charge < -0.3 is 14.8 Å². The maximum Gasteiger partial charge on any atom is 0.408 e. The quantitative estimate of drug-likeness (QED) is 0.283. The third kappa shape index (κ3) is 6.79. The van der Waals surface area contributed by atoms with Gasteiger partial charge >= 0.3 is 12.1 Å². The smallest absolute Gasteiger partial charge is 0.408 e. The normalized spacial score (nSPS) is 12.2. The number of alkyl carbamates (subject to hydrolysis) is 1. The van der Waals surface area contributed by atoms with Gasteiger partial charge in [-0.3, -0.25) is 4.57 Å². The molecular formula is C31H35N3O4. The summed E-state index contributed by atoms with van der Waals surface area (Å²) in [5, 5.41) is 2.72. The van der Waals surface area contributed by atoms with Crippen molar-refractivity contribution in [3.8, 4) is 5.69 Å². The molecule has 0 aliphatic carbocycles. The average Bonchev–Trinajstić information content (AvgIpc) is 3.22. The van der Waals surface area contributed by atoms with Crippen LogP contribution in [0.4, 0.5) is 4.79 Å². The molecule has 1 heterocycles. The third-order valence-corrected chi connectivity index (χ3v) is 6.21. The van der Waals surface area contributed by atoms with Crippen LogP contribution >= 0.6 is 0 Å². The number of ether oxygens (including phenoxy) is 2. The summed E-state index contributed by atoms with van der Waals surface area (Å²) in [6.45, 7) is 9.61. The topological polar surface area (TPSA) is 82.4 Å². The van der Waals surface area contributed by atoms with E-state index >= 15 is 0 Å². The Labute approximate surface area is 223 Å².